The Balaban J connectivity index is 1.89. The van der Waals surface area contributed by atoms with E-state index in [0.717, 1.165) is 4.68 Å². The molecule has 0 fully saturated rings. The Hall–Kier alpha value is -4.28. The number of alkyl halides is 2. The van der Waals surface area contributed by atoms with E-state index >= 15 is 0 Å². The molecule has 0 amide bonds. The average molecular weight is 468 g/mol. The van der Waals surface area contributed by atoms with Crippen molar-refractivity contribution in [2.75, 3.05) is 5.73 Å². The maximum absolute atomic E-state index is 13.5. The fourth-order valence-corrected chi connectivity index (χ4v) is 3.36. The summed E-state index contributed by atoms with van der Waals surface area (Å²) in [6.07, 6.45) is -2.80. The number of ether oxygens (including phenoxy) is 1. The molecule has 3 heterocycles. The Kier molecular flexibility index (Phi) is 6.26. The number of benzene rings is 1. The van der Waals surface area contributed by atoms with Gasteiger partial charge >= 0.3 is 0 Å². The molecule has 4 rings (SSSR count). The second kappa shape index (κ2) is 9.30. The first-order chi connectivity index (χ1) is 16.2. The number of anilines is 1. The van der Waals surface area contributed by atoms with Gasteiger partial charge in [0.25, 0.3) is 12.0 Å². The highest BCUT2D eigenvalue weighted by Gasteiger charge is 2.21. The molecule has 0 aliphatic carbocycles. The zero-order chi connectivity index (χ0) is 24.4. The van der Waals surface area contributed by atoms with Crippen LogP contribution in [0.2, 0.25) is 0 Å². The molecule has 0 saturated heterocycles. The Morgan fingerprint density at radius 2 is 1.76 bits per heavy atom. The second-order valence-corrected chi connectivity index (χ2v) is 7.42. The zero-order valence-electron chi connectivity index (χ0n) is 18.2. The number of nitrogens with two attached hydrogens (primary N) is 1. The number of hydrogen-bond donors (Lipinski definition) is 1. The van der Waals surface area contributed by atoms with E-state index in [4.69, 9.17) is 10.5 Å². The third-order valence-corrected chi connectivity index (χ3v) is 4.87. The van der Waals surface area contributed by atoms with Gasteiger partial charge in [-0.15, -0.1) is 0 Å². The summed E-state index contributed by atoms with van der Waals surface area (Å²) in [5.41, 5.74) is 7.32. The van der Waals surface area contributed by atoms with Crippen molar-refractivity contribution < 1.29 is 17.9 Å². The van der Waals surface area contributed by atoms with Gasteiger partial charge in [0.15, 0.2) is 0 Å². The molecule has 174 valence electrons. The Bertz CT molecular complexity index is 1410. The van der Waals surface area contributed by atoms with Gasteiger partial charge in [-0.1, -0.05) is 0 Å². The SMILES string of the molecule is Cc1cc(-c2c(OCc3ccc(=O)n(C)n3)nc(N)nc2-c2ccc(F)cc2)cc(C(F)F)n1. The van der Waals surface area contributed by atoms with Crippen molar-refractivity contribution in [3.8, 4) is 28.3 Å². The number of aryl methyl sites for hydroxylation is 2. The lowest BCUT2D eigenvalue weighted by atomic mass is 9.99. The minimum Gasteiger partial charge on any atom is -0.470 e. The number of rotatable bonds is 6. The van der Waals surface area contributed by atoms with Gasteiger partial charge in [0.05, 0.1) is 17.0 Å². The molecule has 0 aliphatic heterocycles. The monoisotopic (exact) mass is 468 g/mol. The summed E-state index contributed by atoms with van der Waals surface area (Å²) in [4.78, 5) is 24.0. The molecule has 3 aromatic heterocycles. The molecule has 1 aromatic carbocycles. The highest BCUT2D eigenvalue weighted by Crippen LogP contribution is 2.39. The molecule has 0 aliphatic rings. The summed E-state index contributed by atoms with van der Waals surface area (Å²) in [7, 11) is 1.50. The van der Waals surface area contributed by atoms with E-state index in [1.165, 1.54) is 49.5 Å². The van der Waals surface area contributed by atoms with Crippen molar-refractivity contribution in [3.63, 3.8) is 0 Å². The Labute approximate surface area is 191 Å². The van der Waals surface area contributed by atoms with Crippen LogP contribution < -0.4 is 16.0 Å². The van der Waals surface area contributed by atoms with Crippen LogP contribution in [0.5, 0.6) is 5.88 Å². The van der Waals surface area contributed by atoms with Crippen LogP contribution in [0.1, 0.15) is 23.5 Å². The van der Waals surface area contributed by atoms with Crippen LogP contribution in [0, 0.1) is 12.7 Å². The number of hydrogen-bond acceptors (Lipinski definition) is 7. The number of nitrogens with zero attached hydrogens (tertiary/aromatic N) is 5. The number of halogens is 3. The first-order valence-electron chi connectivity index (χ1n) is 10.1. The maximum atomic E-state index is 13.5. The lowest BCUT2D eigenvalue weighted by Gasteiger charge is -2.16. The van der Waals surface area contributed by atoms with E-state index in [1.54, 1.807) is 13.0 Å². The lowest BCUT2D eigenvalue weighted by Crippen LogP contribution is -2.20. The third-order valence-electron chi connectivity index (χ3n) is 4.87. The van der Waals surface area contributed by atoms with Crippen LogP contribution in [0.4, 0.5) is 19.1 Å². The topological polar surface area (TPSA) is 109 Å². The summed E-state index contributed by atoms with van der Waals surface area (Å²) in [5.74, 6) is -0.580. The van der Waals surface area contributed by atoms with Gasteiger partial charge in [-0.3, -0.25) is 9.78 Å². The van der Waals surface area contributed by atoms with Crippen LogP contribution in [0.25, 0.3) is 22.4 Å². The summed E-state index contributed by atoms with van der Waals surface area (Å²) in [6.45, 7) is 1.49. The Morgan fingerprint density at radius 1 is 1.03 bits per heavy atom. The molecule has 34 heavy (non-hydrogen) atoms. The second-order valence-electron chi connectivity index (χ2n) is 7.42. The maximum Gasteiger partial charge on any atom is 0.280 e. The minimum absolute atomic E-state index is 0.00768. The predicted octanol–water partition coefficient (Wildman–Crippen LogP) is 3.85. The first kappa shape index (κ1) is 22.9. The average Bonchev–Trinajstić information content (AvgIpc) is 2.79. The van der Waals surface area contributed by atoms with E-state index in [1.807, 2.05) is 0 Å². The van der Waals surface area contributed by atoms with E-state index in [2.05, 4.69) is 20.1 Å². The zero-order valence-corrected chi connectivity index (χ0v) is 18.2. The molecular formula is C23H19F3N6O2. The van der Waals surface area contributed by atoms with Crippen LogP contribution in [-0.2, 0) is 13.7 Å². The van der Waals surface area contributed by atoms with Gasteiger partial charge in [-0.05, 0) is 55.0 Å². The summed E-state index contributed by atoms with van der Waals surface area (Å²) in [5, 5.41) is 4.11. The van der Waals surface area contributed by atoms with Crippen LogP contribution in [0.15, 0.2) is 53.3 Å². The summed E-state index contributed by atoms with van der Waals surface area (Å²) < 4.78 is 47.6. The quantitative estimate of drug-likeness (QED) is 0.458. The standard InChI is InChI=1S/C23H19F3N6O2/c1-12-9-14(10-17(28-12)21(25)26)19-20(13-3-5-15(24)6-4-13)29-23(27)30-22(19)34-11-16-7-8-18(33)32(2)31-16/h3-10,21H,11H2,1-2H3,(H2,27,29,30). The molecule has 4 aromatic rings. The molecule has 8 nitrogen and oxygen atoms in total. The van der Waals surface area contributed by atoms with Crippen LogP contribution >= 0.6 is 0 Å². The lowest BCUT2D eigenvalue weighted by molar-refractivity contribution is 0.146. The highest BCUT2D eigenvalue weighted by molar-refractivity contribution is 5.85. The molecule has 0 radical (unpaired) electrons. The number of nitrogen functional groups attached to an aromatic ring is 1. The molecule has 0 atom stereocenters. The van der Waals surface area contributed by atoms with Crippen LogP contribution in [0.3, 0.4) is 0 Å². The van der Waals surface area contributed by atoms with Crippen molar-refractivity contribution in [2.24, 2.45) is 7.05 Å². The van der Waals surface area contributed by atoms with E-state index in [-0.39, 0.29) is 35.3 Å². The van der Waals surface area contributed by atoms with E-state index in [0.29, 0.717) is 22.5 Å². The van der Waals surface area contributed by atoms with E-state index < -0.39 is 17.9 Å². The van der Waals surface area contributed by atoms with Crippen molar-refractivity contribution in [2.45, 2.75) is 20.0 Å². The first-order valence-corrected chi connectivity index (χ1v) is 10.1. The fourth-order valence-electron chi connectivity index (χ4n) is 3.36. The van der Waals surface area contributed by atoms with Crippen molar-refractivity contribution >= 4 is 5.95 Å². The predicted molar refractivity (Wildman–Crippen MR) is 119 cm³/mol. The minimum atomic E-state index is -2.80. The van der Waals surface area contributed by atoms with Gasteiger partial charge < -0.3 is 10.5 Å². The molecule has 0 saturated carbocycles. The van der Waals surface area contributed by atoms with Gasteiger partial charge in [0.1, 0.15) is 18.1 Å². The molecule has 0 spiro atoms. The van der Waals surface area contributed by atoms with Gasteiger partial charge in [0.2, 0.25) is 11.8 Å². The van der Waals surface area contributed by atoms with Crippen LogP contribution in [-0.4, -0.2) is 24.7 Å². The van der Waals surface area contributed by atoms with Crippen molar-refractivity contribution in [1.29, 1.82) is 0 Å². The van der Waals surface area contributed by atoms with E-state index in [9.17, 15) is 18.0 Å². The van der Waals surface area contributed by atoms with Gasteiger partial charge in [-0.25, -0.2) is 22.8 Å². The summed E-state index contributed by atoms with van der Waals surface area (Å²) in [6, 6.07) is 11.1. The summed E-state index contributed by atoms with van der Waals surface area (Å²) >= 11 is 0. The highest BCUT2D eigenvalue weighted by atomic mass is 19.3. The van der Waals surface area contributed by atoms with Crippen molar-refractivity contribution in [3.05, 3.63) is 81.8 Å². The van der Waals surface area contributed by atoms with Gasteiger partial charge in [-0.2, -0.15) is 10.1 Å². The normalized spacial score (nSPS) is 11.1. The molecular weight excluding hydrogens is 449 g/mol. The molecule has 11 heteroatoms. The largest absolute Gasteiger partial charge is 0.470 e. The number of aromatic nitrogens is 5. The molecule has 0 bridgehead atoms. The fraction of sp³-hybridized carbons (Fsp3) is 0.174. The number of pyridine rings is 1. The Morgan fingerprint density at radius 3 is 2.44 bits per heavy atom. The van der Waals surface area contributed by atoms with Gasteiger partial charge in [0, 0.05) is 24.4 Å². The smallest absolute Gasteiger partial charge is 0.280 e. The molecule has 2 N–H and O–H groups in total. The van der Waals surface area contributed by atoms with Crippen molar-refractivity contribution in [1.82, 2.24) is 24.7 Å². The third kappa shape index (κ3) is 4.87. The molecule has 0 unspecified atom stereocenters.